The predicted octanol–water partition coefficient (Wildman–Crippen LogP) is 3.12. The number of hydrogen-bond acceptors (Lipinski definition) is 4. The number of benzene rings is 2. The van der Waals surface area contributed by atoms with Crippen LogP contribution in [0.15, 0.2) is 48.5 Å². The van der Waals surface area contributed by atoms with Crippen LogP contribution in [-0.2, 0) is 22.5 Å². The summed E-state index contributed by atoms with van der Waals surface area (Å²) >= 11 is 0. The van der Waals surface area contributed by atoms with Crippen LogP contribution >= 0.6 is 12.4 Å². The molecule has 7 heteroatoms. The van der Waals surface area contributed by atoms with Crippen LogP contribution < -0.4 is 15.5 Å². The third kappa shape index (κ3) is 4.78. The molecule has 2 aromatic carbocycles. The average Bonchev–Trinajstić information content (AvgIpc) is 3.08. The van der Waals surface area contributed by atoms with Crippen molar-refractivity contribution in [3.05, 3.63) is 59.7 Å². The number of rotatable bonds is 6. The third-order valence-electron chi connectivity index (χ3n) is 4.59. The molecule has 0 aromatic heterocycles. The Bertz CT molecular complexity index is 778. The van der Waals surface area contributed by atoms with Gasteiger partial charge in [0.15, 0.2) is 0 Å². The number of nitrogens with two attached hydrogens (primary N) is 1. The molecule has 2 amide bonds. The second kappa shape index (κ2) is 9.39. The van der Waals surface area contributed by atoms with Gasteiger partial charge in [-0.3, -0.25) is 14.6 Å². The van der Waals surface area contributed by atoms with Gasteiger partial charge in [-0.1, -0.05) is 24.3 Å². The van der Waals surface area contributed by atoms with E-state index in [-0.39, 0.29) is 24.4 Å². The molecular weight excluding hydrogens is 366 g/mol. The van der Waals surface area contributed by atoms with Crippen molar-refractivity contribution in [2.75, 3.05) is 30.0 Å². The number of urea groups is 1. The molecule has 0 unspecified atom stereocenters. The van der Waals surface area contributed by atoms with Crippen LogP contribution in [0.3, 0.4) is 0 Å². The molecule has 0 aliphatic carbocycles. The molecule has 0 atom stereocenters. The van der Waals surface area contributed by atoms with Gasteiger partial charge in [0.25, 0.3) is 0 Å². The van der Waals surface area contributed by atoms with E-state index < -0.39 is 0 Å². The van der Waals surface area contributed by atoms with Crippen molar-refractivity contribution in [2.45, 2.75) is 19.4 Å². The van der Waals surface area contributed by atoms with Gasteiger partial charge < -0.3 is 10.5 Å². The zero-order chi connectivity index (χ0) is 18.5. The van der Waals surface area contributed by atoms with Crippen molar-refractivity contribution >= 4 is 35.8 Å². The Labute approximate surface area is 165 Å². The summed E-state index contributed by atoms with van der Waals surface area (Å²) in [5, 5.41) is 0. The molecule has 1 fully saturated rings. The zero-order valence-corrected chi connectivity index (χ0v) is 16.1. The van der Waals surface area contributed by atoms with E-state index in [2.05, 4.69) is 4.74 Å². The average molecular weight is 390 g/mol. The van der Waals surface area contributed by atoms with E-state index in [4.69, 9.17) is 5.73 Å². The molecule has 1 aliphatic heterocycles. The van der Waals surface area contributed by atoms with Crippen LogP contribution in [-0.4, -0.2) is 32.2 Å². The molecule has 0 bridgehead atoms. The molecule has 1 saturated heterocycles. The highest BCUT2D eigenvalue weighted by Gasteiger charge is 2.30. The smallest absolute Gasteiger partial charge is 0.329 e. The Morgan fingerprint density at radius 3 is 1.89 bits per heavy atom. The van der Waals surface area contributed by atoms with E-state index in [0.717, 1.165) is 22.5 Å². The summed E-state index contributed by atoms with van der Waals surface area (Å²) in [5.41, 5.74) is 9.44. The maximum Gasteiger partial charge on any atom is 0.329 e. The van der Waals surface area contributed by atoms with Gasteiger partial charge in [-0.15, -0.1) is 12.4 Å². The maximum atomic E-state index is 12.8. The second-order valence-corrected chi connectivity index (χ2v) is 6.20. The molecular formula is C20H24ClN3O3. The van der Waals surface area contributed by atoms with Gasteiger partial charge in [0, 0.05) is 37.4 Å². The van der Waals surface area contributed by atoms with Crippen molar-refractivity contribution in [3.63, 3.8) is 0 Å². The van der Waals surface area contributed by atoms with E-state index in [9.17, 15) is 9.59 Å². The molecule has 144 valence electrons. The lowest BCUT2D eigenvalue weighted by atomic mass is 10.1. The van der Waals surface area contributed by atoms with Crippen LogP contribution in [0.4, 0.5) is 16.2 Å². The van der Waals surface area contributed by atoms with E-state index in [1.807, 2.05) is 48.5 Å². The predicted molar refractivity (Wildman–Crippen MR) is 108 cm³/mol. The maximum absolute atomic E-state index is 12.8. The Morgan fingerprint density at radius 2 is 1.44 bits per heavy atom. The first-order valence-corrected chi connectivity index (χ1v) is 8.66. The largest absolute Gasteiger partial charge is 0.469 e. The molecule has 27 heavy (non-hydrogen) atoms. The fraction of sp³-hybridized carbons (Fsp3) is 0.300. The summed E-state index contributed by atoms with van der Waals surface area (Å²) < 4.78 is 4.66. The highest BCUT2D eigenvalue weighted by atomic mass is 35.5. The fourth-order valence-corrected chi connectivity index (χ4v) is 3.02. The first kappa shape index (κ1) is 20.7. The van der Waals surface area contributed by atoms with Crippen molar-refractivity contribution in [1.29, 1.82) is 0 Å². The van der Waals surface area contributed by atoms with Crippen LogP contribution in [0.5, 0.6) is 0 Å². The van der Waals surface area contributed by atoms with Crippen LogP contribution in [0.2, 0.25) is 0 Å². The molecule has 1 heterocycles. The third-order valence-corrected chi connectivity index (χ3v) is 4.59. The minimum absolute atomic E-state index is 0. The number of nitrogens with zero attached hydrogens (tertiary/aromatic N) is 2. The standard InChI is InChI=1S/C20H23N3O3.ClH/c1-26-19(24)11-6-15-2-7-17(8-3-15)22-12-13-23(20(22)25)18-9-4-16(14-21)5-10-18;/h2-5,7-10H,6,11-14,21H2,1H3;1H. The number of hydrogen-bond donors (Lipinski definition) is 1. The van der Waals surface area contributed by atoms with E-state index >= 15 is 0 Å². The topological polar surface area (TPSA) is 75.9 Å². The molecule has 2 aromatic rings. The highest BCUT2D eigenvalue weighted by molar-refractivity contribution is 6.06. The first-order valence-electron chi connectivity index (χ1n) is 8.66. The van der Waals surface area contributed by atoms with Gasteiger partial charge in [-0.05, 0) is 41.8 Å². The van der Waals surface area contributed by atoms with Crippen LogP contribution in [0.25, 0.3) is 0 Å². The number of halogens is 1. The molecule has 0 spiro atoms. The Morgan fingerprint density at radius 1 is 0.963 bits per heavy atom. The van der Waals surface area contributed by atoms with E-state index in [0.29, 0.717) is 32.5 Å². The van der Waals surface area contributed by atoms with Crippen LogP contribution in [0, 0.1) is 0 Å². The van der Waals surface area contributed by atoms with Gasteiger partial charge in [-0.25, -0.2) is 4.79 Å². The Hall–Kier alpha value is -2.57. The Kier molecular flexibility index (Phi) is 7.21. The van der Waals surface area contributed by atoms with E-state index in [1.165, 1.54) is 7.11 Å². The summed E-state index contributed by atoms with van der Waals surface area (Å²) in [6.45, 7) is 1.77. The SMILES string of the molecule is COC(=O)CCc1ccc(N2CCN(c3ccc(CN)cc3)C2=O)cc1.Cl. The number of carbonyl (C=O) groups is 2. The molecule has 3 rings (SSSR count). The lowest BCUT2D eigenvalue weighted by molar-refractivity contribution is -0.140. The van der Waals surface area contributed by atoms with Crippen molar-refractivity contribution in [1.82, 2.24) is 0 Å². The van der Waals surface area contributed by atoms with Gasteiger partial charge in [0.05, 0.1) is 7.11 Å². The lowest BCUT2D eigenvalue weighted by Crippen LogP contribution is -2.31. The normalized spacial score (nSPS) is 13.5. The lowest BCUT2D eigenvalue weighted by Gasteiger charge is -2.19. The minimum atomic E-state index is -0.222. The highest BCUT2D eigenvalue weighted by Crippen LogP contribution is 2.26. The Balaban J connectivity index is 0.00000261. The van der Waals surface area contributed by atoms with Crippen molar-refractivity contribution in [3.8, 4) is 0 Å². The fourth-order valence-electron chi connectivity index (χ4n) is 3.02. The minimum Gasteiger partial charge on any atom is -0.469 e. The van der Waals surface area contributed by atoms with Gasteiger partial charge in [0.2, 0.25) is 0 Å². The summed E-state index contributed by atoms with van der Waals surface area (Å²) in [6.07, 6.45) is 0.978. The molecule has 0 saturated carbocycles. The second-order valence-electron chi connectivity index (χ2n) is 6.20. The monoisotopic (exact) mass is 389 g/mol. The van der Waals surface area contributed by atoms with Gasteiger partial charge >= 0.3 is 12.0 Å². The number of anilines is 2. The summed E-state index contributed by atoms with van der Waals surface area (Å²) in [6, 6.07) is 15.5. The number of carbonyl (C=O) groups excluding carboxylic acids is 2. The first-order chi connectivity index (χ1) is 12.6. The molecule has 6 nitrogen and oxygen atoms in total. The number of methoxy groups -OCH3 is 1. The van der Waals surface area contributed by atoms with E-state index in [1.54, 1.807) is 9.80 Å². The summed E-state index contributed by atoms with van der Waals surface area (Å²) in [7, 11) is 1.39. The quantitative estimate of drug-likeness (QED) is 0.770. The molecule has 2 N–H and O–H groups in total. The van der Waals surface area contributed by atoms with Crippen LogP contribution in [0.1, 0.15) is 17.5 Å². The van der Waals surface area contributed by atoms with Crippen molar-refractivity contribution < 1.29 is 14.3 Å². The number of amides is 2. The number of ether oxygens (including phenoxy) is 1. The molecule has 1 aliphatic rings. The zero-order valence-electron chi connectivity index (χ0n) is 15.3. The summed E-state index contributed by atoms with van der Waals surface area (Å²) in [5.74, 6) is -0.222. The summed E-state index contributed by atoms with van der Waals surface area (Å²) in [4.78, 5) is 27.5. The molecule has 0 radical (unpaired) electrons. The van der Waals surface area contributed by atoms with Gasteiger partial charge in [0.1, 0.15) is 0 Å². The van der Waals surface area contributed by atoms with Crippen molar-refractivity contribution in [2.24, 2.45) is 5.73 Å². The van der Waals surface area contributed by atoms with Gasteiger partial charge in [-0.2, -0.15) is 0 Å². The number of esters is 1. The number of aryl methyl sites for hydroxylation is 1.